The Balaban J connectivity index is 1.94. The molecule has 3 rings (SSSR count). The SMILES string of the molecule is CC[N+]1(CC)CSCC1(O)c1ccc(Cl)c(S(=O)(=O)N=NCc2ccccc2)c1. The van der Waals surface area contributed by atoms with E-state index in [2.05, 4.69) is 9.63 Å². The Morgan fingerprint density at radius 1 is 1.17 bits per heavy atom. The smallest absolute Gasteiger partial charge is 0.300 e. The van der Waals surface area contributed by atoms with Crippen LogP contribution in [0.25, 0.3) is 0 Å². The number of aliphatic hydroxyl groups is 1. The normalized spacial score (nSPS) is 21.7. The van der Waals surface area contributed by atoms with E-state index in [1.165, 1.54) is 12.1 Å². The van der Waals surface area contributed by atoms with Gasteiger partial charge >= 0.3 is 10.0 Å². The van der Waals surface area contributed by atoms with Gasteiger partial charge in [-0.05, 0) is 37.6 Å². The van der Waals surface area contributed by atoms with Crippen LogP contribution in [0, 0.1) is 0 Å². The second-order valence-electron chi connectivity index (χ2n) is 7.06. The number of nitrogens with zero attached hydrogens (tertiary/aromatic N) is 3. The lowest BCUT2D eigenvalue weighted by molar-refractivity contribution is -0.987. The average Bonchev–Trinajstić information content (AvgIpc) is 3.06. The molecule has 0 saturated carbocycles. The van der Waals surface area contributed by atoms with E-state index in [-0.39, 0.29) is 16.5 Å². The second kappa shape index (κ2) is 8.73. The van der Waals surface area contributed by atoms with Crippen molar-refractivity contribution in [3.63, 3.8) is 0 Å². The van der Waals surface area contributed by atoms with Gasteiger partial charge in [-0.15, -0.1) is 0 Å². The first-order valence-electron chi connectivity index (χ1n) is 9.42. The van der Waals surface area contributed by atoms with E-state index >= 15 is 0 Å². The van der Waals surface area contributed by atoms with Crippen LogP contribution in [0.3, 0.4) is 0 Å². The molecule has 0 aromatic heterocycles. The molecule has 1 heterocycles. The molecule has 1 aliphatic rings. The number of sulfonamides is 1. The fourth-order valence-corrected chi connectivity index (χ4v) is 6.70. The molecular formula is C20H25ClN3O3S2+. The molecule has 1 unspecified atom stereocenters. The summed E-state index contributed by atoms with van der Waals surface area (Å²) in [5.41, 5.74) is 0.216. The maximum Gasteiger partial charge on any atom is 0.300 e. The minimum absolute atomic E-state index is 0.0627. The average molecular weight is 455 g/mol. The van der Waals surface area contributed by atoms with Crippen LogP contribution in [0.1, 0.15) is 25.0 Å². The third-order valence-electron chi connectivity index (χ3n) is 5.57. The molecule has 1 atom stereocenters. The quantitative estimate of drug-likeness (QED) is 0.497. The van der Waals surface area contributed by atoms with Crippen molar-refractivity contribution in [3.05, 3.63) is 64.7 Å². The van der Waals surface area contributed by atoms with Crippen LogP contribution < -0.4 is 0 Å². The van der Waals surface area contributed by atoms with E-state index in [1.807, 2.05) is 44.2 Å². The van der Waals surface area contributed by atoms with Gasteiger partial charge in [0.15, 0.2) is 0 Å². The summed E-state index contributed by atoms with van der Waals surface area (Å²) in [7, 11) is -4.09. The Kier molecular flexibility index (Phi) is 6.70. The van der Waals surface area contributed by atoms with Crippen molar-refractivity contribution >= 4 is 33.4 Å². The number of benzene rings is 2. The van der Waals surface area contributed by atoms with Crippen molar-refractivity contribution in [2.45, 2.75) is 31.0 Å². The van der Waals surface area contributed by atoms with Gasteiger partial charge < -0.3 is 5.11 Å². The van der Waals surface area contributed by atoms with Gasteiger partial charge in [-0.1, -0.05) is 58.2 Å². The summed E-state index contributed by atoms with van der Waals surface area (Å²) in [5, 5.41) is 15.4. The molecule has 1 fully saturated rings. The maximum absolute atomic E-state index is 12.8. The van der Waals surface area contributed by atoms with Gasteiger partial charge in [0.25, 0.3) is 0 Å². The summed E-state index contributed by atoms with van der Waals surface area (Å²) in [6.45, 7) is 5.70. The molecule has 6 nitrogen and oxygen atoms in total. The fourth-order valence-electron chi connectivity index (χ4n) is 3.66. The topological polar surface area (TPSA) is 79.1 Å². The molecule has 0 radical (unpaired) electrons. The van der Waals surface area contributed by atoms with Crippen LogP contribution in [0.15, 0.2) is 63.1 Å². The lowest BCUT2D eigenvalue weighted by Gasteiger charge is -2.43. The molecule has 2 aromatic carbocycles. The molecule has 1 saturated heterocycles. The van der Waals surface area contributed by atoms with E-state index in [0.717, 1.165) is 24.5 Å². The number of quaternary nitrogens is 1. The Hall–Kier alpha value is -1.45. The summed E-state index contributed by atoms with van der Waals surface area (Å²) in [6, 6.07) is 13.9. The van der Waals surface area contributed by atoms with Crippen molar-refractivity contribution in [3.8, 4) is 0 Å². The highest BCUT2D eigenvalue weighted by Crippen LogP contribution is 2.44. The Morgan fingerprint density at radius 3 is 2.52 bits per heavy atom. The molecular weight excluding hydrogens is 430 g/mol. The van der Waals surface area contributed by atoms with Crippen LogP contribution >= 0.6 is 23.4 Å². The second-order valence-corrected chi connectivity index (χ2v) is 9.97. The van der Waals surface area contributed by atoms with E-state index in [4.69, 9.17) is 11.6 Å². The molecule has 9 heteroatoms. The van der Waals surface area contributed by atoms with Gasteiger partial charge in [0.1, 0.15) is 10.8 Å². The molecule has 0 amide bonds. The third kappa shape index (κ3) is 4.22. The zero-order chi connectivity index (χ0) is 21.1. The summed E-state index contributed by atoms with van der Waals surface area (Å²) in [5.74, 6) is 1.26. The van der Waals surface area contributed by atoms with Gasteiger partial charge in [-0.25, -0.2) is 0 Å². The fraction of sp³-hybridized carbons (Fsp3) is 0.400. The molecule has 0 bridgehead atoms. The highest BCUT2D eigenvalue weighted by atomic mass is 35.5. The Bertz CT molecular complexity index is 995. The van der Waals surface area contributed by atoms with Gasteiger partial charge in [0.2, 0.25) is 5.72 Å². The summed E-state index contributed by atoms with van der Waals surface area (Å²) >= 11 is 7.85. The summed E-state index contributed by atoms with van der Waals surface area (Å²) in [6.07, 6.45) is 0. The van der Waals surface area contributed by atoms with E-state index < -0.39 is 15.7 Å². The Morgan fingerprint density at radius 2 is 1.86 bits per heavy atom. The van der Waals surface area contributed by atoms with Crippen molar-refractivity contribution in [1.82, 2.24) is 0 Å². The summed E-state index contributed by atoms with van der Waals surface area (Å²) < 4.78 is 29.6. The molecule has 1 N–H and O–H groups in total. The highest BCUT2D eigenvalue weighted by Gasteiger charge is 2.54. The number of hydrogen-bond donors (Lipinski definition) is 1. The minimum atomic E-state index is -4.09. The van der Waals surface area contributed by atoms with Crippen LogP contribution in [0.2, 0.25) is 5.02 Å². The number of hydrogen-bond acceptors (Lipinski definition) is 5. The maximum atomic E-state index is 12.8. The molecule has 0 spiro atoms. The van der Waals surface area contributed by atoms with E-state index in [1.54, 1.807) is 17.8 Å². The molecule has 29 heavy (non-hydrogen) atoms. The standard InChI is InChI=1S/C20H25ClN3O3S2/c1-3-24(4-2)15-28-14-20(24,25)17-10-11-18(21)19(12-17)29(26,27)23-22-13-16-8-6-5-7-9-16/h5-12,25H,3-4,13-15H2,1-2H3/q+1. The van der Waals surface area contributed by atoms with Crippen LogP contribution in [0.5, 0.6) is 0 Å². The zero-order valence-electron chi connectivity index (χ0n) is 16.5. The first-order chi connectivity index (χ1) is 13.8. The van der Waals surface area contributed by atoms with Crippen molar-refractivity contribution in [1.29, 1.82) is 0 Å². The van der Waals surface area contributed by atoms with E-state index in [0.29, 0.717) is 15.8 Å². The van der Waals surface area contributed by atoms with E-state index in [9.17, 15) is 13.5 Å². The first kappa shape index (κ1) is 22.2. The van der Waals surface area contributed by atoms with Gasteiger partial charge in [-0.3, -0.25) is 4.48 Å². The molecule has 156 valence electrons. The lowest BCUT2D eigenvalue weighted by Crippen LogP contribution is -2.59. The number of rotatable bonds is 7. The molecule has 0 aliphatic carbocycles. The first-order valence-corrected chi connectivity index (χ1v) is 12.4. The van der Waals surface area contributed by atoms with Crippen molar-refractivity contribution < 1.29 is 18.0 Å². The van der Waals surface area contributed by atoms with Crippen LogP contribution in [-0.2, 0) is 22.3 Å². The van der Waals surface area contributed by atoms with Crippen molar-refractivity contribution in [2.75, 3.05) is 24.7 Å². The van der Waals surface area contributed by atoms with Gasteiger partial charge in [-0.2, -0.15) is 13.5 Å². The predicted molar refractivity (Wildman–Crippen MR) is 116 cm³/mol. The highest BCUT2D eigenvalue weighted by molar-refractivity contribution is 7.99. The summed E-state index contributed by atoms with van der Waals surface area (Å²) in [4.78, 5) is -0.135. The van der Waals surface area contributed by atoms with Gasteiger partial charge in [0, 0.05) is 5.56 Å². The Labute approximate surface area is 181 Å². The predicted octanol–water partition coefficient (Wildman–Crippen LogP) is 4.39. The minimum Gasteiger partial charge on any atom is -0.338 e. The molecule has 1 aliphatic heterocycles. The largest absolute Gasteiger partial charge is 0.338 e. The zero-order valence-corrected chi connectivity index (χ0v) is 18.8. The van der Waals surface area contributed by atoms with Crippen LogP contribution in [0.4, 0.5) is 0 Å². The third-order valence-corrected chi connectivity index (χ3v) is 8.52. The number of halogens is 1. The lowest BCUT2D eigenvalue weighted by atomic mass is 10.0. The van der Waals surface area contributed by atoms with Crippen molar-refractivity contribution in [2.24, 2.45) is 9.63 Å². The van der Waals surface area contributed by atoms with Gasteiger partial charge in [0.05, 0.1) is 30.4 Å². The molecule has 2 aromatic rings. The van der Waals surface area contributed by atoms with Crippen LogP contribution in [-0.4, -0.2) is 42.7 Å². The monoisotopic (exact) mass is 454 g/mol. The number of thioether (sulfide) groups is 1.